The van der Waals surface area contributed by atoms with E-state index < -0.39 is 0 Å². The van der Waals surface area contributed by atoms with Crippen LogP contribution in [0.1, 0.15) is 63.8 Å². The number of fused-ring (bicyclic) bond motifs is 10. The molecule has 0 saturated heterocycles. The predicted octanol–water partition coefficient (Wildman–Crippen LogP) is 17.1. The van der Waals surface area contributed by atoms with Crippen LogP contribution in [0.5, 0.6) is 0 Å². The number of anilines is 6. The number of para-hydroxylation sites is 2. The van der Waals surface area contributed by atoms with E-state index in [4.69, 9.17) is 0 Å². The molecule has 0 unspecified atom stereocenters. The minimum atomic E-state index is -0.359. The molecule has 0 aliphatic heterocycles. The maximum Gasteiger partial charge on any atom is 0.0468 e. The summed E-state index contributed by atoms with van der Waals surface area (Å²) in [6, 6.07) is 67.7. The van der Waals surface area contributed by atoms with Crippen LogP contribution >= 0.6 is 0 Å². The van der Waals surface area contributed by atoms with Gasteiger partial charge in [0.1, 0.15) is 0 Å². The summed E-state index contributed by atoms with van der Waals surface area (Å²) in [6.07, 6.45) is 0. The van der Waals surface area contributed by atoms with E-state index in [1.807, 2.05) is 0 Å². The fourth-order valence-electron chi connectivity index (χ4n) is 11.2. The second-order valence-corrected chi connectivity index (χ2v) is 19.2. The standard InChI is InChI=1S/C59H54N2/c1-39-23-28-44(29-24-39)60(42-17-11-9-12-18-42)46-32-35-48-41(37-46)27-34-52-54-50-22-16-15-21-49(50)53-38-47(61(43-19-13-10-14-20-43)45-30-25-40(2)26-31-45)33-36-51(53)56(54)59(55(48)52,57(3,4)5)58(6,7)8/h9-38H,1-8H3. The molecule has 1 aliphatic rings. The van der Waals surface area contributed by atoms with Crippen molar-refractivity contribution in [2.45, 2.75) is 60.8 Å². The van der Waals surface area contributed by atoms with Gasteiger partial charge in [-0.25, -0.2) is 0 Å². The van der Waals surface area contributed by atoms with Gasteiger partial charge in [0, 0.05) is 39.5 Å². The van der Waals surface area contributed by atoms with Crippen molar-refractivity contribution in [2.75, 3.05) is 9.80 Å². The van der Waals surface area contributed by atoms with Crippen LogP contribution in [0.2, 0.25) is 0 Å². The van der Waals surface area contributed by atoms with E-state index in [1.54, 1.807) is 0 Å². The molecule has 9 aromatic carbocycles. The van der Waals surface area contributed by atoms with Gasteiger partial charge >= 0.3 is 0 Å². The Bertz CT molecular complexity index is 3080. The molecule has 0 aromatic heterocycles. The molecule has 0 amide bonds. The number of hydrogen-bond donors (Lipinski definition) is 0. The molecule has 0 fully saturated rings. The maximum atomic E-state index is 2.47. The Morgan fingerprint density at radius 1 is 0.344 bits per heavy atom. The lowest BCUT2D eigenvalue weighted by Crippen LogP contribution is -2.50. The first-order chi connectivity index (χ1) is 29.4. The Morgan fingerprint density at radius 2 is 0.787 bits per heavy atom. The van der Waals surface area contributed by atoms with Crippen LogP contribution < -0.4 is 9.80 Å². The van der Waals surface area contributed by atoms with Crippen LogP contribution in [0.4, 0.5) is 34.1 Å². The Kier molecular flexibility index (Phi) is 9.00. The molecule has 0 spiro atoms. The van der Waals surface area contributed by atoms with Crippen molar-refractivity contribution in [3.63, 3.8) is 0 Å². The zero-order valence-electron chi connectivity index (χ0n) is 36.7. The average molecular weight is 791 g/mol. The molecule has 1 aliphatic carbocycles. The molecule has 61 heavy (non-hydrogen) atoms. The summed E-state index contributed by atoms with van der Waals surface area (Å²) in [5.41, 5.74) is 14.3. The summed E-state index contributed by atoms with van der Waals surface area (Å²) in [4.78, 5) is 4.78. The van der Waals surface area contributed by atoms with Gasteiger partial charge in [0.2, 0.25) is 0 Å². The van der Waals surface area contributed by atoms with Gasteiger partial charge in [-0.15, -0.1) is 0 Å². The molecule has 0 saturated carbocycles. The van der Waals surface area contributed by atoms with E-state index in [0.717, 1.165) is 34.1 Å². The van der Waals surface area contributed by atoms with E-state index in [9.17, 15) is 0 Å². The van der Waals surface area contributed by atoms with Gasteiger partial charge in [0.25, 0.3) is 0 Å². The van der Waals surface area contributed by atoms with Gasteiger partial charge in [-0.1, -0.05) is 162 Å². The molecule has 10 rings (SSSR count). The molecule has 300 valence electrons. The lowest BCUT2D eigenvalue weighted by atomic mass is 9.49. The fourth-order valence-corrected chi connectivity index (χ4v) is 11.2. The number of rotatable bonds is 6. The van der Waals surface area contributed by atoms with Crippen LogP contribution in [-0.4, -0.2) is 0 Å². The molecule has 2 nitrogen and oxygen atoms in total. The number of benzene rings is 9. The lowest BCUT2D eigenvalue weighted by Gasteiger charge is -2.54. The van der Waals surface area contributed by atoms with Crippen LogP contribution in [0.15, 0.2) is 182 Å². The molecule has 2 heteroatoms. The Hall–Kier alpha value is -6.64. The smallest absolute Gasteiger partial charge is 0.0468 e. The first-order valence-electron chi connectivity index (χ1n) is 21.8. The normalized spacial score (nSPS) is 13.4. The highest BCUT2D eigenvalue weighted by molar-refractivity contribution is 6.20. The third-order valence-electron chi connectivity index (χ3n) is 13.4. The fraction of sp³-hybridized carbons (Fsp3) is 0.186. The van der Waals surface area contributed by atoms with E-state index in [-0.39, 0.29) is 16.2 Å². The molecular formula is C59H54N2. The monoisotopic (exact) mass is 790 g/mol. The van der Waals surface area contributed by atoms with Gasteiger partial charge in [-0.05, 0) is 152 Å². The first kappa shape index (κ1) is 38.6. The van der Waals surface area contributed by atoms with Crippen molar-refractivity contribution in [2.24, 2.45) is 10.8 Å². The highest BCUT2D eigenvalue weighted by Crippen LogP contribution is 2.68. The Morgan fingerprint density at radius 3 is 1.31 bits per heavy atom. The van der Waals surface area contributed by atoms with E-state index >= 15 is 0 Å². The summed E-state index contributed by atoms with van der Waals surface area (Å²) in [7, 11) is 0. The van der Waals surface area contributed by atoms with Gasteiger partial charge in [0.05, 0.1) is 0 Å². The van der Waals surface area contributed by atoms with Crippen molar-refractivity contribution >= 4 is 66.4 Å². The number of aryl methyl sites for hydroxylation is 2. The van der Waals surface area contributed by atoms with Crippen molar-refractivity contribution < 1.29 is 0 Å². The van der Waals surface area contributed by atoms with Crippen LogP contribution in [0, 0.1) is 24.7 Å². The quantitative estimate of drug-likeness (QED) is 0.155. The molecule has 0 radical (unpaired) electrons. The second-order valence-electron chi connectivity index (χ2n) is 19.2. The van der Waals surface area contributed by atoms with Gasteiger partial charge < -0.3 is 9.80 Å². The molecule has 0 heterocycles. The molecule has 0 atom stereocenters. The zero-order valence-corrected chi connectivity index (χ0v) is 36.7. The molecular weight excluding hydrogens is 737 g/mol. The van der Waals surface area contributed by atoms with Crippen molar-refractivity contribution in [3.8, 4) is 11.1 Å². The minimum absolute atomic E-state index is 0.164. The van der Waals surface area contributed by atoms with E-state index in [2.05, 4.69) is 247 Å². The van der Waals surface area contributed by atoms with Crippen LogP contribution in [0.3, 0.4) is 0 Å². The maximum absolute atomic E-state index is 2.47. The number of nitrogens with zero attached hydrogens (tertiary/aromatic N) is 2. The molecule has 9 aromatic rings. The Balaban J connectivity index is 1.26. The highest BCUT2D eigenvalue weighted by atomic mass is 15.1. The van der Waals surface area contributed by atoms with Crippen LogP contribution in [0.25, 0.3) is 43.4 Å². The van der Waals surface area contributed by atoms with Gasteiger partial charge in [-0.3, -0.25) is 0 Å². The summed E-state index contributed by atoms with van der Waals surface area (Å²) in [5, 5.41) is 7.78. The summed E-state index contributed by atoms with van der Waals surface area (Å²) in [5.74, 6) is 0. The minimum Gasteiger partial charge on any atom is -0.310 e. The van der Waals surface area contributed by atoms with Gasteiger partial charge in [0.15, 0.2) is 0 Å². The van der Waals surface area contributed by atoms with E-state index in [0.29, 0.717) is 0 Å². The summed E-state index contributed by atoms with van der Waals surface area (Å²) < 4.78 is 0. The lowest BCUT2D eigenvalue weighted by molar-refractivity contribution is 0.0977. The average Bonchev–Trinajstić information content (AvgIpc) is 3.60. The van der Waals surface area contributed by atoms with Crippen molar-refractivity contribution in [3.05, 3.63) is 204 Å². The zero-order chi connectivity index (χ0) is 42.3. The largest absolute Gasteiger partial charge is 0.310 e. The van der Waals surface area contributed by atoms with Crippen LogP contribution in [-0.2, 0) is 5.41 Å². The summed E-state index contributed by atoms with van der Waals surface area (Å²) >= 11 is 0. The van der Waals surface area contributed by atoms with Gasteiger partial charge in [-0.2, -0.15) is 0 Å². The van der Waals surface area contributed by atoms with Crippen molar-refractivity contribution in [1.82, 2.24) is 0 Å². The molecule has 0 bridgehead atoms. The topological polar surface area (TPSA) is 6.48 Å². The summed E-state index contributed by atoms with van der Waals surface area (Å²) in [6.45, 7) is 19.2. The SMILES string of the molecule is Cc1ccc(N(c2ccccc2)c2ccc3c4c(ccc3c2)-c2c(c3ccc(N(c5ccccc5)c5ccc(C)cc5)cc3c3ccccc23)C4(C(C)(C)C)C(C)(C)C)cc1. The highest BCUT2D eigenvalue weighted by Gasteiger charge is 2.59. The first-order valence-corrected chi connectivity index (χ1v) is 21.8. The third-order valence-corrected chi connectivity index (χ3v) is 13.4. The molecule has 0 N–H and O–H groups in total. The predicted molar refractivity (Wildman–Crippen MR) is 263 cm³/mol. The Labute approximate surface area is 361 Å². The van der Waals surface area contributed by atoms with E-state index in [1.165, 1.54) is 65.7 Å². The third kappa shape index (κ3) is 5.98. The second kappa shape index (κ2) is 14.2. The van der Waals surface area contributed by atoms with Crippen molar-refractivity contribution in [1.29, 1.82) is 0 Å². The number of hydrogen-bond acceptors (Lipinski definition) is 2.